The van der Waals surface area contributed by atoms with Crippen LogP contribution >= 0.6 is 15.6 Å². The molecule has 19 heteroatoms. The molecule has 0 bridgehead atoms. The molecular formula is C78H152O17P2. The maximum Gasteiger partial charge on any atom is 0.472 e. The first kappa shape index (κ1) is 95.1. The van der Waals surface area contributed by atoms with Gasteiger partial charge in [-0.1, -0.05) is 356 Å². The number of aliphatic hydroxyl groups is 1. The number of phosphoric acid groups is 2. The highest BCUT2D eigenvalue weighted by molar-refractivity contribution is 7.47. The molecule has 5 atom stereocenters. The van der Waals surface area contributed by atoms with Crippen molar-refractivity contribution in [3.8, 4) is 0 Å². The summed E-state index contributed by atoms with van der Waals surface area (Å²) in [4.78, 5) is 72.6. The first-order valence-electron chi connectivity index (χ1n) is 40.5. The van der Waals surface area contributed by atoms with E-state index in [9.17, 15) is 43.2 Å². The molecule has 17 nitrogen and oxygen atoms in total. The molecule has 0 saturated heterocycles. The fourth-order valence-electron chi connectivity index (χ4n) is 12.0. The normalized spacial score (nSPS) is 14.0. The summed E-state index contributed by atoms with van der Waals surface area (Å²) < 4.78 is 68.3. The second-order valence-corrected chi connectivity index (χ2v) is 32.0. The van der Waals surface area contributed by atoms with Crippen LogP contribution in [-0.2, 0) is 65.4 Å². The van der Waals surface area contributed by atoms with Crippen LogP contribution in [0.25, 0.3) is 0 Å². The minimum absolute atomic E-state index is 0.105. The molecule has 0 radical (unpaired) electrons. The van der Waals surface area contributed by atoms with Gasteiger partial charge in [0.05, 0.1) is 26.4 Å². The van der Waals surface area contributed by atoms with Crippen molar-refractivity contribution in [3.63, 3.8) is 0 Å². The molecule has 0 fully saturated rings. The highest BCUT2D eigenvalue weighted by Crippen LogP contribution is 2.45. The van der Waals surface area contributed by atoms with Gasteiger partial charge in [-0.3, -0.25) is 37.3 Å². The van der Waals surface area contributed by atoms with Gasteiger partial charge in [0, 0.05) is 25.7 Å². The maximum atomic E-state index is 13.1. The molecule has 2 unspecified atom stereocenters. The van der Waals surface area contributed by atoms with Crippen molar-refractivity contribution in [1.82, 2.24) is 0 Å². The number of carbonyl (C=O) groups is 4. The van der Waals surface area contributed by atoms with Crippen LogP contribution in [0.4, 0.5) is 0 Å². The van der Waals surface area contributed by atoms with E-state index in [4.69, 9.17) is 37.0 Å². The van der Waals surface area contributed by atoms with Gasteiger partial charge in [0.15, 0.2) is 12.2 Å². The SMILES string of the molecule is CCCCCCCCCCCCCCCCCCCCCC(=O)OC[C@H](COP(=O)(O)OC[C@@H](O)COP(=O)(O)OC[C@@H](COC(=O)CCCCCCC)OC(=O)CCCCCCCCCCCC(C)C)OC(=O)CCCCCCCCCCCCCCCCCCCCC(C)C. The lowest BCUT2D eigenvalue weighted by atomic mass is 10.0. The monoisotopic (exact) mass is 1420 g/mol. The molecule has 0 heterocycles. The van der Waals surface area contributed by atoms with Gasteiger partial charge < -0.3 is 33.8 Å². The van der Waals surface area contributed by atoms with Crippen molar-refractivity contribution in [2.24, 2.45) is 11.8 Å². The molecule has 0 aromatic carbocycles. The first-order valence-corrected chi connectivity index (χ1v) is 43.5. The van der Waals surface area contributed by atoms with E-state index in [0.717, 1.165) is 108 Å². The summed E-state index contributed by atoms with van der Waals surface area (Å²) in [7, 11) is -9.90. The molecule has 0 aliphatic carbocycles. The van der Waals surface area contributed by atoms with E-state index in [1.54, 1.807) is 0 Å². The standard InChI is InChI=1S/C78H152O17P2/c1-7-9-11-13-14-15-16-17-18-19-20-24-27-30-33-38-43-49-55-61-76(81)89-67-74(95-77(82)62-56-50-44-39-34-31-28-25-22-21-23-26-29-32-36-41-47-52-58-70(3)4)69-93-97(86,87)91-65-72(79)64-90-96(84,85)92-68-73(66-88-75(80)60-54-46-12-10-8-2)94-78(83)63-57-51-45-40-35-37-42-48-53-59-71(5)6/h70-74,79H,7-69H2,1-6H3,(H,84,85)(H,86,87)/t72-,73+,74+/m0/s1. The van der Waals surface area contributed by atoms with Gasteiger partial charge in [0.1, 0.15) is 19.3 Å². The molecule has 0 amide bonds. The number of unbranched alkanes of at least 4 members (excludes halogenated alkanes) is 47. The summed E-state index contributed by atoms with van der Waals surface area (Å²) in [5.41, 5.74) is 0. The quantitative estimate of drug-likeness (QED) is 0.0222. The van der Waals surface area contributed by atoms with E-state index in [0.29, 0.717) is 25.7 Å². The number of aliphatic hydroxyl groups excluding tert-OH is 1. The summed E-state index contributed by atoms with van der Waals surface area (Å²) in [5, 5.41) is 10.6. The Morgan fingerprint density at radius 2 is 0.474 bits per heavy atom. The third-order valence-electron chi connectivity index (χ3n) is 18.2. The molecule has 97 heavy (non-hydrogen) atoms. The number of esters is 4. The highest BCUT2D eigenvalue weighted by Gasteiger charge is 2.30. The average Bonchev–Trinajstić information content (AvgIpc) is 1.37. The molecule has 0 saturated carbocycles. The molecular weight excluding hydrogens is 1270 g/mol. The van der Waals surface area contributed by atoms with Gasteiger partial charge in [0.25, 0.3) is 0 Å². The Bertz CT molecular complexity index is 1870. The molecule has 0 aromatic heterocycles. The molecule has 0 aliphatic heterocycles. The zero-order chi connectivity index (χ0) is 71.4. The predicted molar refractivity (Wildman–Crippen MR) is 395 cm³/mol. The van der Waals surface area contributed by atoms with Gasteiger partial charge in [-0.05, 0) is 37.5 Å². The molecule has 0 rings (SSSR count). The highest BCUT2D eigenvalue weighted by atomic mass is 31.2. The van der Waals surface area contributed by atoms with Gasteiger partial charge >= 0.3 is 39.5 Å². The van der Waals surface area contributed by atoms with Crippen LogP contribution < -0.4 is 0 Å². The number of ether oxygens (including phenoxy) is 4. The Morgan fingerprint density at radius 3 is 0.701 bits per heavy atom. The van der Waals surface area contributed by atoms with E-state index in [2.05, 4.69) is 41.5 Å². The fourth-order valence-corrected chi connectivity index (χ4v) is 13.6. The van der Waals surface area contributed by atoms with Crippen molar-refractivity contribution in [3.05, 3.63) is 0 Å². The topological polar surface area (TPSA) is 237 Å². The van der Waals surface area contributed by atoms with Crippen LogP contribution in [0, 0.1) is 11.8 Å². The van der Waals surface area contributed by atoms with Crippen molar-refractivity contribution >= 4 is 39.5 Å². The zero-order valence-electron chi connectivity index (χ0n) is 63.4. The van der Waals surface area contributed by atoms with Crippen molar-refractivity contribution < 1.29 is 80.2 Å². The Labute approximate surface area is 594 Å². The molecule has 0 aromatic rings. The van der Waals surface area contributed by atoms with E-state index in [1.807, 2.05) is 0 Å². The van der Waals surface area contributed by atoms with Crippen LogP contribution in [0.1, 0.15) is 408 Å². The second-order valence-electron chi connectivity index (χ2n) is 29.1. The smallest absolute Gasteiger partial charge is 0.462 e. The van der Waals surface area contributed by atoms with Gasteiger partial charge in [-0.25, -0.2) is 9.13 Å². The largest absolute Gasteiger partial charge is 0.472 e. The second kappa shape index (κ2) is 69.8. The van der Waals surface area contributed by atoms with Gasteiger partial charge in [-0.15, -0.1) is 0 Å². The first-order chi connectivity index (χ1) is 46.9. The molecule has 576 valence electrons. The van der Waals surface area contributed by atoms with Gasteiger partial charge in [-0.2, -0.15) is 0 Å². The minimum Gasteiger partial charge on any atom is -0.462 e. The van der Waals surface area contributed by atoms with E-state index in [-0.39, 0.29) is 25.7 Å². The van der Waals surface area contributed by atoms with Crippen molar-refractivity contribution in [1.29, 1.82) is 0 Å². The average molecular weight is 1420 g/mol. The molecule has 3 N–H and O–H groups in total. The number of hydrogen-bond acceptors (Lipinski definition) is 15. The fraction of sp³-hybridized carbons (Fsp3) is 0.949. The van der Waals surface area contributed by atoms with Crippen LogP contribution in [0.3, 0.4) is 0 Å². The number of hydrogen-bond donors (Lipinski definition) is 3. The Balaban J connectivity index is 5.12. The number of phosphoric ester groups is 2. The Hall–Kier alpha value is -1.94. The summed E-state index contributed by atoms with van der Waals surface area (Å²) in [6.07, 6.45) is 58.9. The Morgan fingerprint density at radius 1 is 0.278 bits per heavy atom. The van der Waals surface area contributed by atoms with Crippen molar-refractivity contribution in [2.75, 3.05) is 39.6 Å². The number of rotatable bonds is 77. The van der Waals surface area contributed by atoms with Crippen LogP contribution in [-0.4, -0.2) is 96.7 Å². The van der Waals surface area contributed by atoms with E-state index >= 15 is 0 Å². The van der Waals surface area contributed by atoms with Gasteiger partial charge in [0.2, 0.25) is 0 Å². The van der Waals surface area contributed by atoms with Crippen LogP contribution in [0.5, 0.6) is 0 Å². The van der Waals surface area contributed by atoms with Crippen LogP contribution in [0.2, 0.25) is 0 Å². The summed E-state index contributed by atoms with van der Waals surface area (Å²) >= 11 is 0. The van der Waals surface area contributed by atoms with Crippen molar-refractivity contribution in [2.45, 2.75) is 426 Å². The summed E-state index contributed by atoms with van der Waals surface area (Å²) in [6, 6.07) is 0. The lowest BCUT2D eigenvalue weighted by Crippen LogP contribution is -2.30. The number of carbonyl (C=O) groups excluding carboxylic acids is 4. The molecule has 0 aliphatic rings. The lowest BCUT2D eigenvalue weighted by molar-refractivity contribution is -0.161. The minimum atomic E-state index is -4.96. The third kappa shape index (κ3) is 72.2. The maximum absolute atomic E-state index is 13.1. The lowest BCUT2D eigenvalue weighted by Gasteiger charge is -2.21. The van der Waals surface area contributed by atoms with E-state index < -0.39 is 97.5 Å². The summed E-state index contributed by atoms with van der Waals surface area (Å²) in [5.74, 6) is -0.569. The molecule has 0 spiro atoms. The van der Waals surface area contributed by atoms with E-state index in [1.165, 1.54) is 218 Å². The Kier molecular flexibility index (Phi) is 68.4. The van der Waals surface area contributed by atoms with Crippen LogP contribution in [0.15, 0.2) is 0 Å². The zero-order valence-corrected chi connectivity index (χ0v) is 65.2. The predicted octanol–water partition coefficient (Wildman–Crippen LogP) is 23.1. The summed E-state index contributed by atoms with van der Waals surface area (Å²) in [6.45, 7) is 9.53. The third-order valence-corrected chi connectivity index (χ3v) is 20.1.